The average Bonchev–Trinajstić information content (AvgIpc) is 2.83. The molecule has 3 aromatic carbocycles. The van der Waals surface area contributed by atoms with Gasteiger partial charge in [0, 0.05) is 0 Å². The molecule has 0 saturated carbocycles. The highest BCUT2D eigenvalue weighted by molar-refractivity contribution is 5.92. The maximum Gasteiger partial charge on any atom is 0.243 e. The Morgan fingerprint density at radius 2 is 1.19 bits per heavy atom. The van der Waals surface area contributed by atoms with Crippen LogP contribution in [0.5, 0.6) is 0 Å². The third kappa shape index (κ3) is 6.28. The topological polar surface area (TPSA) is 84.2 Å². The number of nitrogens with one attached hydrogen (secondary N) is 2. The van der Waals surface area contributed by atoms with Crippen LogP contribution < -0.4 is 16.4 Å². The lowest BCUT2D eigenvalue weighted by Crippen LogP contribution is -2.48. The Labute approximate surface area is 190 Å². The summed E-state index contributed by atoms with van der Waals surface area (Å²) in [5.74, 6) is -0.910. The summed E-state index contributed by atoms with van der Waals surface area (Å²) in [6, 6.07) is 28.2. The number of amides is 2. The molecule has 0 fully saturated rings. The number of hydrogen-bond donors (Lipinski definition) is 3. The second kappa shape index (κ2) is 11.8. The quantitative estimate of drug-likeness (QED) is 0.457. The van der Waals surface area contributed by atoms with Gasteiger partial charge in [0.1, 0.15) is 6.04 Å². The normalized spacial score (nSPS) is 12.7. The van der Waals surface area contributed by atoms with E-state index < -0.39 is 12.0 Å². The molecule has 5 heteroatoms. The van der Waals surface area contributed by atoms with Crippen LogP contribution >= 0.6 is 0 Å². The minimum Gasteiger partial charge on any atom is -0.348 e. The van der Waals surface area contributed by atoms with E-state index >= 15 is 0 Å². The molecule has 0 heterocycles. The van der Waals surface area contributed by atoms with Gasteiger partial charge in [-0.2, -0.15) is 0 Å². The van der Waals surface area contributed by atoms with Crippen molar-refractivity contribution in [3.63, 3.8) is 0 Å². The van der Waals surface area contributed by atoms with Crippen molar-refractivity contribution in [2.45, 2.75) is 37.8 Å². The second-order valence-corrected chi connectivity index (χ2v) is 7.89. The van der Waals surface area contributed by atoms with Crippen LogP contribution in [0.3, 0.4) is 0 Å². The van der Waals surface area contributed by atoms with Gasteiger partial charge in [-0.25, -0.2) is 0 Å². The van der Waals surface area contributed by atoms with Crippen LogP contribution in [-0.4, -0.2) is 24.4 Å². The summed E-state index contributed by atoms with van der Waals surface area (Å²) in [4.78, 5) is 26.6. The summed E-state index contributed by atoms with van der Waals surface area (Å²) in [5.41, 5.74) is 8.47. The monoisotopic (exact) mass is 429 g/mol. The first-order valence-corrected chi connectivity index (χ1v) is 11.1. The predicted octanol–water partition coefficient (Wildman–Crippen LogP) is 3.92. The van der Waals surface area contributed by atoms with Gasteiger partial charge in [0.2, 0.25) is 11.8 Å². The molecule has 0 bridgehead atoms. The smallest absolute Gasteiger partial charge is 0.243 e. The van der Waals surface area contributed by atoms with E-state index in [4.69, 9.17) is 5.73 Å². The predicted molar refractivity (Wildman–Crippen MR) is 128 cm³/mol. The van der Waals surface area contributed by atoms with E-state index in [0.29, 0.717) is 19.4 Å². The Morgan fingerprint density at radius 3 is 1.66 bits per heavy atom. The van der Waals surface area contributed by atoms with E-state index in [0.717, 1.165) is 16.7 Å². The summed E-state index contributed by atoms with van der Waals surface area (Å²) in [6.45, 7) is 2.39. The Balaban J connectivity index is 1.79. The van der Waals surface area contributed by atoms with Crippen LogP contribution in [0.25, 0.3) is 0 Å². The molecule has 3 aromatic rings. The van der Waals surface area contributed by atoms with E-state index in [-0.39, 0.29) is 17.9 Å². The first-order chi connectivity index (χ1) is 15.6. The van der Waals surface area contributed by atoms with Crippen molar-refractivity contribution in [3.05, 3.63) is 108 Å². The summed E-state index contributed by atoms with van der Waals surface area (Å²) >= 11 is 0. The molecular weight excluding hydrogens is 398 g/mol. The molecule has 0 aromatic heterocycles. The van der Waals surface area contributed by atoms with E-state index in [1.165, 1.54) is 0 Å². The standard InChI is InChI=1S/C27H31N3O2/c1-20(21-12-5-2-6-13-21)29-26(31)24(18-11-19-28)30-27(32)25(22-14-7-3-8-15-22)23-16-9-4-10-17-23/h2-10,12-17,20,24-25H,11,18-19,28H2,1H3,(H,29,31)(H,30,32)/t20-,24+/m1/s1. The fourth-order valence-electron chi connectivity index (χ4n) is 3.77. The number of benzene rings is 3. The van der Waals surface area contributed by atoms with Crippen LogP contribution in [0.15, 0.2) is 91.0 Å². The van der Waals surface area contributed by atoms with Crippen LogP contribution in [-0.2, 0) is 9.59 Å². The molecule has 0 unspecified atom stereocenters. The summed E-state index contributed by atoms with van der Waals surface area (Å²) in [5, 5.41) is 6.03. The minimum atomic E-state index is -0.660. The summed E-state index contributed by atoms with van der Waals surface area (Å²) in [7, 11) is 0. The lowest BCUT2D eigenvalue weighted by Gasteiger charge is -2.24. The number of nitrogens with two attached hydrogens (primary N) is 1. The van der Waals surface area contributed by atoms with Gasteiger partial charge in [0.15, 0.2) is 0 Å². The fraction of sp³-hybridized carbons (Fsp3) is 0.259. The third-order valence-corrected chi connectivity index (χ3v) is 5.52. The van der Waals surface area contributed by atoms with Gasteiger partial charge in [0.05, 0.1) is 12.0 Å². The Bertz CT molecular complexity index is 938. The Hall–Kier alpha value is -3.44. The molecule has 3 rings (SSSR count). The molecule has 0 saturated heterocycles. The minimum absolute atomic E-state index is 0.167. The highest BCUT2D eigenvalue weighted by Crippen LogP contribution is 2.25. The van der Waals surface area contributed by atoms with Crippen molar-refractivity contribution in [1.82, 2.24) is 10.6 Å². The zero-order valence-corrected chi connectivity index (χ0v) is 18.4. The maximum absolute atomic E-state index is 13.5. The zero-order valence-electron chi connectivity index (χ0n) is 18.4. The van der Waals surface area contributed by atoms with Crippen molar-refractivity contribution in [3.8, 4) is 0 Å². The Kier molecular flexibility index (Phi) is 8.58. The van der Waals surface area contributed by atoms with Crippen LogP contribution in [0.4, 0.5) is 0 Å². The van der Waals surface area contributed by atoms with Crippen LogP contribution in [0, 0.1) is 0 Å². The van der Waals surface area contributed by atoms with Crippen LogP contribution in [0.2, 0.25) is 0 Å². The number of hydrogen-bond acceptors (Lipinski definition) is 3. The molecule has 2 amide bonds. The van der Waals surface area contributed by atoms with E-state index in [2.05, 4.69) is 10.6 Å². The van der Waals surface area contributed by atoms with Gasteiger partial charge in [-0.3, -0.25) is 9.59 Å². The maximum atomic E-state index is 13.5. The molecule has 0 aliphatic carbocycles. The zero-order chi connectivity index (χ0) is 22.8. The third-order valence-electron chi connectivity index (χ3n) is 5.52. The van der Waals surface area contributed by atoms with Crippen molar-refractivity contribution in [1.29, 1.82) is 0 Å². The Morgan fingerprint density at radius 1 is 0.719 bits per heavy atom. The largest absolute Gasteiger partial charge is 0.348 e. The summed E-state index contributed by atoms with van der Waals surface area (Å²) < 4.78 is 0. The van der Waals surface area contributed by atoms with E-state index in [9.17, 15) is 9.59 Å². The van der Waals surface area contributed by atoms with Crippen molar-refractivity contribution in [2.24, 2.45) is 5.73 Å². The number of rotatable bonds is 10. The highest BCUT2D eigenvalue weighted by atomic mass is 16.2. The lowest BCUT2D eigenvalue weighted by molar-refractivity contribution is -0.129. The average molecular weight is 430 g/mol. The van der Waals surface area contributed by atoms with E-state index in [1.807, 2.05) is 97.9 Å². The first kappa shape index (κ1) is 23.2. The molecule has 32 heavy (non-hydrogen) atoms. The number of carbonyl (C=O) groups is 2. The van der Waals surface area contributed by atoms with Gasteiger partial charge in [-0.1, -0.05) is 91.0 Å². The molecular formula is C27H31N3O2. The van der Waals surface area contributed by atoms with Crippen LogP contribution in [0.1, 0.15) is 48.4 Å². The van der Waals surface area contributed by atoms with Crippen molar-refractivity contribution in [2.75, 3.05) is 6.54 Å². The van der Waals surface area contributed by atoms with Crippen molar-refractivity contribution < 1.29 is 9.59 Å². The molecule has 2 atom stereocenters. The molecule has 0 aliphatic heterocycles. The molecule has 5 nitrogen and oxygen atoms in total. The molecule has 4 N–H and O–H groups in total. The molecule has 0 aliphatic rings. The van der Waals surface area contributed by atoms with Gasteiger partial charge in [0.25, 0.3) is 0 Å². The lowest BCUT2D eigenvalue weighted by atomic mass is 9.90. The molecule has 166 valence electrons. The molecule has 0 spiro atoms. The van der Waals surface area contributed by atoms with Gasteiger partial charge in [-0.15, -0.1) is 0 Å². The first-order valence-electron chi connectivity index (χ1n) is 11.1. The van der Waals surface area contributed by atoms with Gasteiger partial charge >= 0.3 is 0 Å². The number of carbonyl (C=O) groups excluding carboxylic acids is 2. The van der Waals surface area contributed by atoms with E-state index in [1.54, 1.807) is 0 Å². The second-order valence-electron chi connectivity index (χ2n) is 7.89. The SMILES string of the molecule is C[C@@H](NC(=O)[C@H](CCCN)NC(=O)C(c1ccccc1)c1ccccc1)c1ccccc1. The fourth-order valence-corrected chi connectivity index (χ4v) is 3.77. The van der Waals surface area contributed by atoms with Gasteiger partial charge in [-0.05, 0) is 43.0 Å². The highest BCUT2D eigenvalue weighted by Gasteiger charge is 2.28. The van der Waals surface area contributed by atoms with Gasteiger partial charge < -0.3 is 16.4 Å². The van der Waals surface area contributed by atoms with Crippen molar-refractivity contribution >= 4 is 11.8 Å². The summed E-state index contributed by atoms with van der Waals surface area (Å²) in [6.07, 6.45) is 1.12. The molecule has 0 radical (unpaired) electrons.